The lowest BCUT2D eigenvalue weighted by Crippen LogP contribution is -2.42. The van der Waals surface area contributed by atoms with Crippen LogP contribution in [0.2, 0.25) is 0 Å². The number of piperidine rings is 1. The zero-order valence-corrected chi connectivity index (χ0v) is 18.7. The molecule has 0 bridgehead atoms. The quantitative estimate of drug-likeness (QED) is 0.485. The van der Waals surface area contributed by atoms with Crippen LogP contribution in [0.4, 0.5) is 4.39 Å². The number of benzene rings is 3. The van der Waals surface area contributed by atoms with Gasteiger partial charge in [-0.15, -0.1) is 0 Å². The number of hydrogen-bond donors (Lipinski definition) is 0. The molecule has 0 saturated carbocycles. The first kappa shape index (κ1) is 22.5. The molecule has 0 aliphatic carbocycles. The van der Waals surface area contributed by atoms with Crippen molar-refractivity contribution in [1.82, 2.24) is 4.90 Å². The van der Waals surface area contributed by atoms with Crippen LogP contribution in [0, 0.1) is 11.7 Å². The van der Waals surface area contributed by atoms with Gasteiger partial charge in [0, 0.05) is 35.7 Å². The van der Waals surface area contributed by atoms with E-state index >= 15 is 0 Å². The SMILES string of the molecule is COc1ccc(C(=O)N2CCC[C@H](C(=O)c3ccc(-c4ccccc4)c(F)c3)C2)cc1OC. The van der Waals surface area contributed by atoms with Crippen molar-refractivity contribution in [2.24, 2.45) is 5.92 Å². The smallest absolute Gasteiger partial charge is 0.254 e. The van der Waals surface area contributed by atoms with Crippen molar-refractivity contribution < 1.29 is 23.5 Å². The molecule has 6 heteroatoms. The van der Waals surface area contributed by atoms with Gasteiger partial charge in [-0.25, -0.2) is 4.39 Å². The molecule has 1 fully saturated rings. The Balaban J connectivity index is 1.50. The van der Waals surface area contributed by atoms with Crippen LogP contribution in [0.5, 0.6) is 11.5 Å². The zero-order valence-electron chi connectivity index (χ0n) is 18.7. The Morgan fingerprint density at radius 3 is 2.33 bits per heavy atom. The van der Waals surface area contributed by atoms with E-state index < -0.39 is 5.82 Å². The van der Waals surface area contributed by atoms with Crippen molar-refractivity contribution in [2.45, 2.75) is 12.8 Å². The van der Waals surface area contributed by atoms with Crippen molar-refractivity contribution >= 4 is 11.7 Å². The average Bonchev–Trinajstić information content (AvgIpc) is 2.87. The summed E-state index contributed by atoms with van der Waals surface area (Å²) in [4.78, 5) is 27.9. The highest BCUT2D eigenvalue weighted by Gasteiger charge is 2.30. The molecule has 0 N–H and O–H groups in total. The van der Waals surface area contributed by atoms with E-state index in [4.69, 9.17) is 9.47 Å². The Morgan fingerprint density at radius 1 is 0.909 bits per heavy atom. The lowest BCUT2D eigenvalue weighted by Gasteiger charge is -2.32. The van der Waals surface area contributed by atoms with Crippen molar-refractivity contribution in [2.75, 3.05) is 27.3 Å². The Kier molecular flexibility index (Phi) is 6.73. The second-order valence-electron chi connectivity index (χ2n) is 8.08. The monoisotopic (exact) mass is 447 g/mol. The van der Waals surface area contributed by atoms with Crippen LogP contribution >= 0.6 is 0 Å². The summed E-state index contributed by atoms with van der Waals surface area (Å²) in [6.45, 7) is 0.867. The third-order valence-electron chi connectivity index (χ3n) is 6.05. The fourth-order valence-electron chi connectivity index (χ4n) is 4.28. The fraction of sp³-hybridized carbons (Fsp3) is 0.259. The summed E-state index contributed by atoms with van der Waals surface area (Å²) in [5.74, 6) is -0.0907. The van der Waals surface area contributed by atoms with Gasteiger partial charge in [-0.2, -0.15) is 0 Å². The summed E-state index contributed by atoms with van der Waals surface area (Å²) >= 11 is 0. The number of nitrogens with zero attached hydrogens (tertiary/aromatic N) is 1. The Morgan fingerprint density at radius 2 is 1.64 bits per heavy atom. The van der Waals surface area contributed by atoms with Gasteiger partial charge in [0.25, 0.3) is 5.91 Å². The number of ketones is 1. The topological polar surface area (TPSA) is 55.8 Å². The van der Waals surface area contributed by atoms with Crippen LogP contribution in [0.15, 0.2) is 66.7 Å². The molecule has 5 nitrogen and oxygen atoms in total. The van der Waals surface area contributed by atoms with Crippen LogP contribution < -0.4 is 9.47 Å². The molecule has 0 unspecified atom stereocenters. The molecule has 1 heterocycles. The molecule has 170 valence electrons. The molecule has 1 aliphatic rings. The molecule has 1 aliphatic heterocycles. The highest BCUT2D eigenvalue weighted by molar-refractivity contribution is 6.00. The van der Waals surface area contributed by atoms with Crippen LogP contribution in [0.25, 0.3) is 11.1 Å². The average molecular weight is 448 g/mol. The third-order valence-corrected chi connectivity index (χ3v) is 6.05. The number of carbonyl (C=O) groups is 2. The minimum Gasteiger partial charge on any atom is -0.493 e. The maximum atomic E-state index is 14.8. The van der Waals surface area contributed by atoms with Gasteiger partial charge in [0.15, 0.2) is 17.3 Å². The molecule has 3 aromatic rings. The van der Waals surface area contributed by atoms with Gasteiger partial charge >= 0.3 is 0 Å². The van der Waals surface area contributed by atoms with E-state index in [1.807, 2.05) is 30.3 Å². The Bertz CT molecular complexity index is 1160. The number of halogens is 1. The first-order valence-electron chi connectivity index (χ1n) is 10.9. The summed E-state index contributed by atoms with van der Waals surface area (Å²) < 4.78 is 25.3. The molecule has 1 saturated heterocycles. The number of methoxy groups -OCH3 is 2. The predicted molar refractivity (Wildman–Crippen MR) is 124 cm³/mol. The summed E-state index contributed by atoms with van der Waals surface area (Å²) in [6.07, 6.45) is 1.37. The third kappa shape index (κ3) is 4.75. The normalized spacial score (nSPS) is 15.7. The number of carbonyl (C=O) groups excluding carboxylic acids is 2. The molecule has 1 atom stereocenters. The molecule has 33 heavy (non-hydrogen) atoms. The standard InChI is InChI=1S/C27H26FNO4/c1-32-24-13-11-20(16-25(24)33-2)27(31)29-14-6-9-21(17-29)26(30)19-10-12-22(23(28)15-19)18-7-4-3-5-8-18/h3-5,7-8,10-13,15-16,21H,6,9,14,17H2,1-2H3/t21-/m0/s1. The van der Waals surface area contributed by atoms with Crippen LogP contribution in [-0.2, 0) is 0 Å². The number of ether oxygens (including phenoxy) is 2. The molecule has 1 amide bonds. The van der Waals surface area contributed by atoms with E-state index in [0.29, 0.717) is 54.1 Å². The second-order valence-corrected chi connectivity index (χ2v) is 8.08. The molecule has 0 radical (unpaired) electrons. The number of Topliss-reactive ketones (excluding diaryl/α,β-unsaturated/α-hetero) is 1. The molecule has 0 spiro atoms. The molecule has 4 rings (SSSR count). The summed E-state index contributed by atoms with van der Waals surface area (Å²) in [7, 11) is 3.05. The van der Waals surface area contributed by atoms with Crippen molar-refractivity contribution in [1.29, 1.82) is 0 Å². The van der Waals surface area contributed by atoms with Gasteiger partial charge in [0.2, 0.25) is 0 Å². The minimum atomic E-state index is -0.430. The van der Waals surface area contributed by atoms with Gasteiger partial charge in [-0.05, 0) is 42.7 Å². The van der Waals surface area contributed by atoms with Gasteiger partial charge < -0.3 is 14.4 Å². The van der Waals surface area contributed by atoms with Gasteiger partial charge in [0.1, 0.15) is 5.82 Å². The number of hydrogen-bond acceptors (Lipinski definition) is 4. The molecular weight excluding hydrogens is 421 g/mol. The molecule has 3 aromatic carbocycles. The van der Waals surface area contributed by atoms with Crippen molar-refractivity contribution in [3.8, 4) is 22.6 Å². The van der Waals surface area contributed by atoms with E-state index in [2.05, 4.69) is 0 Å². The summed E-state index contributed by atoms with van der Waals surface area (Å²) in [6, 6.07) is 18.9. The van der Waals surface area contributed by atoms with E-state index in [9.17, 15) is 14.0 Å². The first-order valence-corrected chi connectivity index (χ1v) is 10.9. The van der Waals surface area contributed by atoms with E-state index in [0.717, 1.165) is 5.56 Å². The van der Waals surface area contributed by atoms with E-state index in [1.54, 1.807) is 35.2 Å². The maximum absolute atomic E-state index is 14.8. The summed E-state index contributed by atoms with van der Waals surface area (Å²) in [5.41, 5.74) is 2.02. The molecular formula is C27H26FNO4. The highest BCUT2D eigenvalue weighted by atomic mass is 19.1. The highest BCUT2D eigenvalue weighted by Crippen LogP contribution is 2.30. The number of amides is 1. The fourth-order valence-corrected chi connectivity index (χ4v) is 4.28. The zero-order chi connectivity index (χ0) is 23.4. The van der Waals surface area contributed by atoms with Crippen LogP contribution in [-0.4, -0.2) is 43.9 Å². The van der Waals surface area contributed by atoms with Crippen molar-refractivity contribution in [3.05, 3.63) is 83.7 Å². The van der Waals surface area contributed by atoms with Gasteiger partial charge in [0.05, 0.1) is 14.2 Å². The maximum Gasteiger partial charge on any atom is 0.254 e. The molecule has 0 aromatic heterocycles. The Labute approximate surface area is 192 Å². The number of rotatable bonds is 6. The largest absolute Gasteiger partial charge is 0.493 e. The summed E-state index contributed by atoms with van der Waals surface area (Å²) in [5, 5.41) is 0. The predicted octanol–water partition coefficient (Wildman–Crippen LogP) is 5.25. The van der Waals surface area contributed by atoms with E-state index in [-0.39, 0.29) is 17.6 Å². The Hall–Kier alpha value is -3.67. The van der Waals surface area contributed by atoms with Crippen LogP contribution in [0.3, 0.4) is 0 Å². The van der Waals surface area contributed by atoms with Gasteiger partial charge in [-0.3, -0.25) is 9.59 Å². The second kappa shape index (κ2) is 9.86. The lowest BCUT2D eigenvalue weighted by atomic mass is 9.89. The van der Waals surface area contributed by atoms with Gasteiger partial charge in [-0.1, -0.05) is 42.5 Å². The first-order chi connectivity index (χ1) is 16.0. The lowest BCUT2D eigenvalue weighted by molar-refractivity contribution is 0.0636. The van der Waals surface area contributed by atoms with E-state index in [1.165, 1.54) is 20.3 Å². The van der Waals surface area contributed by atoms with Crippen molar-refractivity contribution in [3.63, 3.8) is 0 Å². The number of likely N-dealkylation sites (tertiary alicyclic amines) is 1. The van der Waals surface area contributed by atoms with Crippen LogP contribution in [0.1, 0.15) is 33.6 Å². The minimum absolute atomic E-state index is 0.140.